The van der Waals surface area contributed by atoms with Gasteiger partial charge in [0.15, 0.2) is 0 Å². The molecule has 0 bridgehead atoms. The molecule has 2 aromatic carbocycles. The maximum Gasteiger partial charge on any atom is 0.123 e. The van der Waals surface area contributed by atoms with Gasteiger partial charge in [-0.2, -0.15) is 0 Å². The van der Waals surface area contributed by atoms with Crippen molar-refractivity contribution < 1.29 is 4.39 Å². The van der Waals surface area contributed by atoms with Crippen LogP contribution in [0.15, 0.2) is 84.9 Å². The van der Waals surface area contributed by atoms with Crippen LogP contribution in [0.25, 0.3) is 16.8 Å². The molecular formula is C28H28FN3. The van der Waals surface area contributed by atoms with Crippen molar-refractivity contribution in [2.24, 2.45) is 0 Å². The first-order chi connectivity index (χ1) is 15.6. The van der Waals surface area contributed by atoms with E-state index in [0.29, 0.717) is 6.04 Å². The van der Waals surface area contributed by atoms with Crippen molar-refractivity contribution in [2.45, 2.75) is 45.1 Å². The van der Waals surface area contributed by atoms with Crippen molar-refractivity contribution in [1.29, 1.82) is 0 Å². The number of halogens is 1. The molecule has 1 fully saturated rings. The Balaban J connectivity index is 1.41. The quantitative estimate of drug-likeness (QED) is 0.444. The molecule has 1 aromatic heterocycles. The van der Waals surface area contributed by atoms with Gasteiger partial charge in [0.05, 0.1) is 17.7 Å². The van der Waals surface area contributed by atoms with Crippen molar-refractivity contribution in [3.63, 3.8) is 0 Å². The number of nitrogens with zero attached hydrogens (tertiary/aromatic N) is 2. The molecule has 0 unspecified atom stereocenters. The second kappa shape index (κ2) is 8.62. The maximum atomic E-state index is 13.5. The molecule has 1 heterocycles. The average molecular weight is 426 g/mol. The van der Waals surface area contributed by atoms with E-state index in [0.717, 1.165) is 34.8 Å². The van der Waals surface area contributed by atoms with Crippen LogP contribution in [0.5, 0.6) is 0 Å². The first-order valence-electron chi connectivity index (χ1n) is 11.3. The average Bonchev–Trinajstić information content (AvgIpc) is 3.55. The fourth-order valence-electron chi connectivity index (χ4n) is 4.74. The predicted molar refractivity (Wildman–Crippen MR) is 130 cm³/mol. The minimum atomic E-state index is -0.229. The van der Waals surface area contributed by atoms with Crippen molar-refractivity contribution >= 4 is 11.3 Å². The van der Waals surface area contributed by atoms with Gasteiger partial charge in [0.25, 0.3) is 0 Å². The van der Waals surface area contributed by atoms with E-state index in [9.17, 15) is 4.39 Å². The molecule has 0 radical (unpaired) electrons. The zero-order chi connectivity index (χ0) is 22.1. The van der Waals surface area contributed by atoms with Crippen LogP contribution in [0.1, 0.15) is 49.4 Å². The maximum absolute atomic E-state index is 13.5. The third-order valence-electron chi connectivity index (χ3n) is 6.53. The van der Waals surface area contributed by atoms with Gasteiger partial charge in [-0.25, -0.2) is 9.37 Å². The van der Waals surface area contributed by atoms with Gasteiger partial charge in [-0.3, -0.25) is 0 Å². The summed E-state index contributed by atoms with van der Waals surface area (Å²) in [6.45, 7) is 6.37. The zero-order valence-electron chi connectivity index (χ0n) is 18.4. The molecule has 5 rings (SSSR count). The van der Waals surface area contributed by atoms with Crippen LogP contribution >= 0.6 is 0 Å². The molecule has 32 heavy (non-hydrogen) atoms. The predicted octanol–water partition coefficient (Wildman–Crippen LogP) is 7.45. The number of anilines is 1. The summed E-state index contributed by atoms with van der Waals surface area (Å²) in [5, 5.41) is 3.44. The Morgan fingerprint density at radius 2 is 1.75 bits per heavy atom. The highest BCUT2D eigenvalue weighted by Gasteiger charge is 2.26. The SMILES string of the molecule is C=C(Nc1ccc(C)cc1)C1=CC=C(c2c(-c3ccc(F)cc3)ncn2C2CCCC2)C1. The lowest BCUT2D eigenvalue weighted by atomic mass is 10.0. The molecule has 162 valence electrons. The Kier molecular flexibility index (Phi) is 5.52. The molecule has 2 aliphatic rings. The highest BCUT2D eigenvalue weighted by molar-refractivity contribution is 5.82. The molecule has 0 saturated heterocycles. The van der Waals surface area contributed by atoms with Gasteiger partial charge in [0.2, 0.25) is 0 Å². The summed E-state index contributed by atoms with van der Waals surface area (Å²) in [5.74, 6) is -0.229. The first-order valence-corrected chi connectivity index (χ1v) is 11.3. The lowest BCUT2D eigenvalue weighted by molar-refractivity contribution is 0.514. The summed E-state index contributed by atoms with van der Waals surface area (Å²) >= 11 is 0. The normalized spacial score (nSPS) is 16.2. The van der Waals surface area contributed by atoms with Gasteiger partial charge in [-0.05, 0) is 67.3 Å². The van der Waals surface area contributed by atoms with Crippen molar-refractivity contribution in [3.05, 3.63) is 102 Å². The molecule has 0 aliphatic heterocycles. The van der Waals surface area contributed by atoms with Crippen LogP contribution in [0.3, 0.4) is 0 Å². The number of hydrogen-bond donors (Lipinski definition) is 1. The Morgan fingerprint density at radius 1 is 1.03 bits per heavy atom. The van der Waals surface area contributed by atoms with Crippen LogP contribution in [0, 0.1) is 12.7 Å². The lowest BCUT2D eigenvalue weighted by Crippen LogP contribution is -2.08. The van der Waals surface area contributed by atoms with E-state index in [1.807, 2.05) is 18.5 Å². The van der Waals surface area contributed by atoms with Crippen LogP contribution in [-0.2, 0) is 0 Å². The molecular weight excluding hydrogens is 397 g/mol. The summed E-state index contributed by atoms with van der Waals surface area (Å²) in [7, 11) is 0. The Hall–Kier alpha value is -3.40. The summed E-state index contributed by atoms with van der Waals surface area (Å²) in [4.78, 5) is 4.79. The largest absolute Gasteiger partial charge is 0.356 e. The van der Waals surface area contributed by atoms with Gasteiger partial charge >= 0.3 is 0 Å². The molecule has 4 heteroatoms. The minimum Gasteiger partial charge on any atom is -0.356 e. The second-order valence-electron chi connectivity index (χ2n) is 8.82. The summed E-state index contributed by atoms with van der Waals surface area (Å²) in [6, 6.07) is 15.5. The fourth-order valence-corrected chi connectivity index (χ4v) is 4.74. The molecule has 0 amide bonds. The number of benzene rings is 2. The Morgan fingerprint density at radius 3 is 2.47 bits per heavy atom. The zero-order valence-corrected chi connectivity index (χ0v) is 18.4. The molecule has 0 atom stereocenters. The molecule has 1 N–H and O–H groups in total. The summed E-state index contributed by atoms with van der Waals surface area (Å²) < 4.78 is 15.9. The van der Waals surface area contributed by atoms with Crippen molar-refractivity contribution in [2.75, 3.05) is 5.32 Å². The Bertz CT molecular complexity index is 1190. The molecule has 1 saturated carbocycles. The number of allylic oxidation sites excluding steroid dienone is 4. The van der Waals surface area contributed by atoms with Crippen LogP contribution < -0.4 is 5.32 Å². The van der Waals surface area contributed by atoms with E-state index in [4.69, 9.17) is 4.98 Å². The van der Waals surface area contributed by atoms with Gasteiger partial charge in [-0.15, -0.1) is 0 Å². The van der Waals surface area contributed by atoms with Crippen molar-refractivity contribution in [3.8, 4) is 11.3 Å². The monoisotopic (exact) mass is 425 g/mol. The third-order valence-corrected chi connectivity index (χ3v) is 6.53. The number of nitrogens with one attached hydrogen (secondary N) is 1. The Labute approximate surface area is 189 Å². The van der Waals surface area contributed by atoms with Crippen LogP contribution in [0.2, 0.25) is 0 Å². The molecule has 0 spiro atoms. The smallest absolute Gasteiger partial charge is 0.123 e. The highest BCUT2D eigenvalue weighted by atomic mass is 19.1. The van der Waals surface area contributed by atoms with Gasteiger partial charge in [-0.1, -0.05) is 49.3 Å². The number of imidazole rings is 1. The summed E-state index contributed by atoms with van der Waals surface area (Å²) in [6.07, 6.45) is 12.0. The summed E-state index contributed by atoms with van der Waals surface area (Å²) in [5.41, 5.74) is 8.62. The van der Waals surface area contributed by atoms with Gasteiger partial charge in [0, 0.05) is 29.4 Å². The molecule has 3 aromatic rings. The fraction of sp³-hybridized carbons (Fsp3) is 0.250. The van der Waals surface area contributed by atoms with Crippen LogP contribution in [0.4, 0.5) is 10.1 Å². The lowest BCUT2D eigenvalue weighted by Gasteiger charge is -2.18. The highest BCUT2D eigenvalue weighted by Crippen LogP contribution is 2.40. The van der Waals surface area contributed by atoms with E-state index in [-0.39, 0.29) is 5.82 Å². The van der Waals surface area contributed by atoms with E-state index < -0.39 is 0 Å². The standard InChI is InChI=1S/C28H28FN3/c1-19-7-15-25(16-8-19)31-20(2)22-9-10-23(17-22)28-27(21-11-13-24(29)14-12-21)30-18-32(28)26-5-3-4-6-26/h7-16,18,26,31H,2-6,17H2,1H3. The van der Waals surface area contributed by atoms with Crippen molar-refractivity contribution in [1.82, 2.24) is 9.55 Å². The van der Waals surface area contributed by atoms with E-state index in [2.05, 4.69) is 59.8 Å². The number of hydrogen-bond acceptors (Lipinski definition) is 2. The number of aromatic nitrogens is 2. The number of rotatable bonds is 6. The van der Waals surface area contributed by atoms with E-state index in [1.54, 1.807) is 0 Å². The minimum absolute atomic E-state index is 0.229. The second-order valence-corrected chi connectivity index (χ2v) is 8.82. The van der Waals surface area contributed by atoms with Gasteiger partial charge < -0.3 is 9.88 Å². The number of aryl methyl sites for hydroxylation is 1. The molecule has 2 aliphatic carbocycles. The first kappa shape index (κ1) is 20.5. The topological polar surface area (TPSA) is 29.9 Å². The third kappa shape index (κ3) is 4.05. The molecule has 3 nitrogen and oxygen atoms in total. The van der Waals surface area contributed by atoms with Gasteiger partial charge in [0.1, 0.15) is 5.82 Å². The van der Waals surface area contributed by atoms with Crippen LogP contribution in [-0.4, -0.2) is 9.55 Å². The van der Waals surface area contributed by atoms with E-state index >= 15 is 0 Å². The van der Waals surface area contributed by atoms with E-state index in [1.165, 1.54) is 54.5 Å².